The Kier molecular flexibility index (Phi) is 3.57. The van der Waals surface area contributed by atoms with E-state index in [0.29, 0.717) is 5.56 Å². The first-order chi connectivity index (χ1) is 6.79. The minimum atomic E-state index is -3.66. The molecule has 15 heavy (non-hydrogen) atoms. The van der Waals surface area contributed by atoms with Crippen molar-refractivity contribution in [1.82, 2.24) is 0 Å². The number of phenols is 1. The van der Waals surface area contributed by atoms with Crippen LogP contribution in [0.25, 0.3) is 0 Å². The van der Waals surface area contributed by atoms with Crippen molar-refractivity contribution in [1.29, 1.82) is 0 Å². The number of hydrogen-bond donors (Lipinski definition) is 1. The zero-order valence-corrected chi connectivity index (χ0v) is 9.52. The van der Waals surface area contributed by atoms with Crippen LogP contribution in [0.4, 0.5) is 4.39 Å². The van der Waals surface area contributed by atoms with Gasteiger partial charge in [0.05, 0.1) is 5.75 Å². The van der Waals surface area contributed by atoms with Gasteiger partial charge in [0.25, 0.3) is 0 Å². The molecule has 1 rings (SSSR count). The van der Waals surface area contributed by atoms with E-state index in [4.69, 9.17) is 10.7 Å². The fourth-order valence-electron chi connectivity index (χ4n) is 1.21. The number of halogens is 2. The summed E-state index contributed by atoms with van der Waals surface area (Å²) in [7, 11) is 1.39. The summed E-state index contributed by atoms with van der Waals surface area (Å²) in [5, 5.41) is 9.28. The van der Waals surface area contributed by atoms with Gasteiger partial charge in [-0.05, 0) is 24.6 Å². The zero-order chi connectivity index (χ0) is 11.6. The van der Waals surface area contributed by atoms with Crippen molar-refractivity contribution in [2.24, 2.45) is 0 Å². The van der Waals surface area contributed by atoms with E-state index in [0.717, 1.165) is 0 Å². The zero-order valence-electron chi connectivity index (χ0n) is 7.94. The second kappa shape index (κ2) is 4.37. The standard InChI is InChI=1S/C9H10ClFO3S/c1-6(11)8-4-7(2-3-9(8)12)5-15(10,13)14/h2-4,6,12H,5H2,1H3. The molecule has 0 spiro atoms. The predicted molar refractivity (Wildman–Crippen MR) is 56.1 cm³/mol. The van der Waals surface area contributed by atoms with Crippen LogP contribution >= 0.6 is 10.7 Å². The molecular formula is C9H10ClFO3S. The lowest BCUT2D eigenvalue weighted by Gasteiger charge is -2.07. The topological polar surface area (TPSA) is 54.4 Å². The normalized spacial score (nSPS) is 13.8. The van der Waals surface area contributed by atoms with Crippen molar-refractivity contribution in [3.63, 3.8) is 0 Å². The van der Waals surface area contributed by atoms with Crippen LogP contribution in [0.2, 0.25) is 0 Å². The van der Waals surface area contributed by atoms with Gasteiger partial charge in [-0.1, -0.05) is 6.07 Å². The summed E-state index contributed by atoms with van der Waals surface area (Å²) in [5.74, 6) is -0.574. The van der Waals surface area contributed by atoms with Gasteiger partial charge in [-0.25, -0.2) is 12.8 Å². The fraction of sp³-hybridized carbons (Fsp3) is 0.333. The Morgan fingerprint density at radius 1 is 1.53 bits per heavy atom. The van der Waals surface area contributed by atoms with Gasteiger partial charge in [-0.2, -0.15) is 0 Å². The van der Waals surface area contributed by atoms with Gasteiger partial charge in [0.2, 0.25) is 9.05 Å². The average molecular weight is 253 g/mol. The third-order valence-corrected chi connectivity index (χ3v) is 2.87. The van der Waals surface area contributed by atoms with E-state index in [9.17, 15) is 17.9 Å². The van der Waals surface area contributed by atoms with E-state index < -0.39 is 15.2 Å². The molecule has 6 heteroatoms. The molecule has 0 heterocycles. The first kappa shape index (κ1) is 12.3. The molecule has 1 aromatic carbocycles. The van der Waals surface area contributed by atoms with Gasteiger partial charge in [-0.3, -0.25) is 0 Å². The van der Waals surface area contributed by atoms with E-state index in [-0.39, 0.29) is 17.1 Å². The van der Waals surface area contributed by atoms with Crippen LogP contribution in [0.5, 0.6) is 5.75 Å². The van der Waals surface area contributed by atoms with Gasteiger partial charge >= 0.3 is 0 Å². The minimum absolute atomic E-state index is 0.0628. The first-order valence-corrected chi connectivity index (χ1v) is 6.65. The molecule has 3 nitrogen and oxygen atoms in total. The van der Waals surface area contributed by atoms with Gasteiger partial charge in [0.1, 0.15) is 11.9 Å². The van der Waals surface area contributed by atoms with Crippen LogP contribution in [-0.2, 0) is 14.8 Å². The van der Waals surface area contributed by atoms with Gasteiger partial charge in [0, 0.05) is 16.2 Å². The highest BCUT2D eigenvalue weighted by atomic mass is 35.7. The van der Waals surface area contributed by atoms with Gasteiger partial charge in [-0.15, -0.1) is 0 Å². The van der Waals surface area contributed by atoms with E-state index in [1.807, 2.05) is 0 Å². The maximum atomic E-state index is 13.0. The SMILES string of the molecule is CC(F)c1cc(CS(=O)(=O)Cl)ccc1O. The quantitative estimate of drug-likeness (QED) is 0.841. The predicted octanol–water partition coefficient (Wildman–Crippen LogP) is 2.49. The van der Waals surface area contributed by atoms with Crippen molar-refractivity contribution in [2.45, 2.75) is 18.8 Å². The number of benzene rings is 1. The molecule has 1 N–H and O–H groups in total. The molecule has 0 aliphatic rings. The highest BCUT2D eigenvalue weighted by molar-refractivity contribution is 8.13. The van der Waals surface area contributed by atoms with E-state index >= 15 is 0 Å². The van der Waals surface area contributed by atoms with E-state index in [1.54, 1.807) is 0 Å². The molecule has 0 aliphatic carbocycles. The number of phenolic OH excluding ortho intramolecular Hbond substituents is 1. The lowest BCUT2D eigenvalue weighted by Crippen LogP contribution is -1.97. The molecule has 0 saturated heterocycles. The average Bonchev–Trinajstić information content (AvgIpc) is 2.05. The first-order valence-electron chi connectivity index (χ1n) is 4.18. The largest absolute Gasteiger partial charge is 0.508 e. The third-order valence-electron chi connectivity index (χ3n) is 1.86. The highest BCUT2D eigenvalue weighted by Crippen LogP contribution is 2.28. The summed E-state index contributed by atoms with van der Waals surface area (Å²) in [4.78, 5) is 0. The van der Waals surface area contributed by atoms with Crippen molar-refractivity contribution in [3.8, 4) is 5.75 Å². The Morgan fingerprint density at radius 2 is 2.13 bits per heavy atom. The van der Waals surface area contributed by atoms with Crippen LogP contribution in [0.15, 0.2) is 18.2 Å². The number of hydrogen-bond acceptors (Lipinski definition) is 3. The lowest BCUT2D eigenvalue weighted by molar-refractivity contribution is 0.356. The summed E-state index contributed by atoms with van der Waals surface area (Å²) >= 11 is 0. The van der Waals surface area contributed by atoms with Gasteiger partial charge in [0.15, 0.2) is 0 Å². The van der Waals surface area contributed by atoms with Crippen LogP contribution in [-0.4, -0.2) is 13.5 Å². The smallest absolute Gasteiger partial charge is 0.236 e. The second-order valence-electron chi connectivity index (χ2n) is 3.19. The van der Waals surface area contributed by atoms with Crippen LogP contribution < -0.4 is 0 Å². The molecule has 0 bridgehead atoms. The number of rotatable bonds is 3. The number of alkyl halides is 1. The van der Waals surface area contributed by atoms with Crippen molar-refractivity contribution in [2.75, 3.05) is 0 Å². The summed E-state index contributed by atoms with van der Waals surface area (Å²) in [5.41, 5.74) is 0.412. The Morgan fingerprint density at radius 3 is 2.60 bits per heavy atom. The summed E-state index contributed by atoms with van der Waals surface area (Å²) < 4.78 is 34.5. The lowest BCUT2D eigenvalue weighted by atomic mass is 10.1. The Balaban J connectivity index is 3.08. The molecule has 1 atom stereocenters. The Labute approximate surface area is 91.9 Å². The van der Waals surface area contributed by atoms with Crippen molar-refractivity contribution < 1.29 is 17.9 Å². The van der Waals surface area contributed by atoms with E-state index in [2.05, 4.69) is 0 Å². The Hall–Kier alpha value is -0.810. The van der Waals surface area contributed by atoms with E-state index in [1.165, 1.54) is 25.1 Å². The number of aromatic hydroxyl groups is 1. The molecule has 1 aromatic rings. The fourth-order valence-corrected chi connectivity index (χ4v) is 2.17. The maximum Gasteiger partial charge on any atom is 0.236 e. The third kappa shape index (κ3) is 3.68. The van der Waals surface area contributed by atoms with Gasteiger partial charge < -0.3 is 5.11 Å². The Bertz CT molecular complexity index is 456. The molecule has 0 saturated carbocycles. The minimum Gasteiger partial charge on any atom is -0.508 e. The summed E-state index contributed by atoms with van der Waals surface area (Å²) in [6.07, 6.45) is -1.36. The van der Waals surface area contributed by atoms with Crippen molar-refractivity contribution in [3.05, 3.63) is 29.3 Å². The molecule has 0 amide bonds. The maximum absolute atomic E-state index is 13.0. The molecule has 0 fully saturated rings. The highest BCUT2D eigenvalue weighted by Gasteiger charge is 2.13. The summed E-state index contributed by atoms with van der Waals surface area (Å²) in [6.45, 7) is 1.26. The molecule has 84 valence electrons. The molecule has 0 aromatic heterocycles. The monoisotopic (exact) mass is 252 g/mol. The molecule has 0 aliphatic heterocycles. The molecular weight excluding hydrogens is 243 g/mol. The van der Waals surface area contributed by atoms with Crippen molar-refractivity contribution >= 4 is 19.7 Å². The van der Waals surface area contributed by atoms with Crippen LogP contribution in [0.3, 0.4) is 0 Å². The van der Waals surface area contributed by atoms with Crippen LogP contribution in [0.1, 0.15) is 24.2 Å². The second-order valence-corrected chi connectivity index (χ2v) is 5.97. The molecule has 0 radical (unpaired) electrons. The molecule has 1 unspecified atom stereocenters. The summed E-state index contributed by atoms with van der Waals surface area (Å²) in [6, 6.07) is 3.93. The van der Waals surface area contributed by atoms with Crippen LogP contribution in [0, 0.1) is 0 Å².